The van der Waals surface area contributed by atoms with Crippen molar-refractivity contribution in [2.75, 3.05) is 0 Å². The molecule has 0 radical (unpaired) electrons. The van der Waals surface area contributed by atoms with Crippen molar-refractivity contribution in [1.82, 2.24) is 4.90 Å². The van der Waals surface area contributed by atoms with Gasteiger partial charge in [-0.25, -0.2) is 9.69 Å². The Morgan fingerprint density at radius 1 is 1.07 bits per heavy atom. The summed E-state index contributed by atoms with van der Waals surface area (Å²) in [5.74, 6) is -1.01. The van der Waals surface area contributed by atoms with E-state index in [0.29, 0.717) is 12.1 Å². The van der Waals surface area contributed by atoms with Gasteiger partial charge in [-0.1, -0.05) is 65.8 Å². The molecule has 2 aliphatic heterocycles. The molecule has 6 heteroatoms. The van der Waals surface area contributed by atoms with E-state index in [4.69, 9.17) is 9.57 Å². The van der Waals surface area contributed by atoms with Crippen LogP contribution in [0.3, 0.4) is 0 Å². The lowest BCUT2D eigenvalue weighted by atomic mass is 9.88. The average molecular weight is 392 g/mol. The maximum atomic E-state index is 13.6. The number of oxime groups is 1. The predicted octanol–water partition coefficient (Wildman–Crippen LogP) is 3.79. The summed E-state index contributed by atoms with van der Waals surface area (Å²) in [4.78, 5) is 33.1. The molecule has 0 N–H and O–H groups in total. The maximum Gasteiger partial charge on any atom is 0.417 e. The standard InChI is InChI=1S/C23H24N2O4/c1-15-19(20(24-29-15)17-12-8-5-9-13-17)21(26)25-18(23(2,3)28-22(25)27)14-16-10-6-4-7-11-16/h4-13,15,18-19H,14H2,1-3H3/t15?,18-,19-/m0/s1. The minimum absolute atomic E-state index is 0.339. The molecule has 29 heavy (non-hydrogen) atoms. The molecule has 2 aliphatic rings. The molecule has 3 atom stereocenters. The van der Waals surface area contributed by atoms with Crippen molar-refractivity contribution < 1.29 is 19.2 Å². The molecule has 2 amide bonds. The summed E-state index contributed by atoms with van der Waals surface area (Å²) in [6.45, 7) is 5.47. The third kappa shape index (κ3) is 3.50. The van der Waals surface area contributed by atoms with E-state index in [1.54, 1.807) is 6.92 Å². The number of hydrogen-bond donors (Lipinski definition) is 0. The molecule has 0 aromatic heterocycles. The average Bonchev–Trinajstić information content (AvgIpc) is 3.19. The van der Waals surface area contributed by atoms with Crippen molar-refractivity contribution in [3.8, 4) is 0 Å². The van der Waals surface area contributed by atoms with Crippen LogP contribution in [0.1, 0.15) is 31.9 Å². The Kier molecular flexibility index (Phi) is 4.86. The van der Waals surface area contributed by atoms with Crippen LogP contribution in [0.4, 0.5) is 4.79 Å². The van der Waals surface area contributed by atoms with E-state index in [2.05, 4.69) is 5.16 Å². The van der Waals surface area contributed by atoms with Crippen LogP contribution < -0.4 is 0 Å². The number of cyclic esters (lactones) is 1. The number of nitrogens with zero attached hydrogens (tertiary/aromatic N) is 2. The summed E-state index contributed by atoms with van der Waals surface area (Å²) in [5, 5.41) is 4.15. The van der Waals surface area contributed by atoms with Gasteiger partial charge in [0.15, 0.2) is 0 Å². The van der Waals surface area contributed by atoms with Crippen LogP contribution in [0, 0.1) is 5.92 Å². The Bertz CT molecular complexity index is 940. The van der Waals surface area contributed by atoms with Crippen LogP contribution in [-0.2, 0) is 20.8 Å². The Balaban J connectivity index is 1.66. The molecule has 0 saturated carbocycles. The van der Waals surface area contributed by atoms with Gasteiger partial charge < -0.3 is 9.57 Å². The fourth-order valence-electron chi connectivity index (χ4n) is 3.99. The fourth-order valence-corrected chi connectivity index (χ4v) is 3.99. The van der Waals surface area contributed by atoms with Gasteiger partial charge in [-0.3, -0.25) is 4.79 Å². The van der Waals surface area contributed by atoms with E-state index in [0.717, 1.165) is 11.1 Å². The topological polar surface area (TPSA) is 68.2 Å². The quantitative estimate of drug-likeness (QED) is 0.794. The van der Waals surface area contributed by atoms with E-state index in [1.807, 2.05) is 74.5 Å². The van der Waals surface area contributed by atoms with Crippen LogP contribution in [0.25, 0.3) is 0 Å². The molecule has 1 saturated heterocycles. The van der Waals surface area contributed by atoms with Crippen molar-refractivity contribution in [3.63, 3.8) is 0 Å². The minimum Gasteiger partial charge on any atom is -0.441 e. The first-order chi connectivity index (χ1) is 13.9. The third-order valence-corrected chi connectivity index (χ3v) is 5.59. The molecule has 1 unspecified atom stereocenters. The van der Waals surface area contributed by atoms with Crippen molar-refractivity contribution in [3.05, 3.63) is 71.8 Å². The van der Waals surface area contributed by atoms with E-state index in [-0.39, 0.29) is 5.91 Å². The number of benzene rings is 2. The highest BCUT2D eigenvalue weighted by atomic mass is 16.6. The lowest BCUT2D eigenvalue weighted by Gasteiger charge is -2.29. The molecule has 2 aromatic rings. The summed E-state index contributed by atoms with van der Waals surface area (Å²) in [5.41, 5.74) is 1.59. The number of imide groups is 1. The highest BCUT2D eigenvalue weighted by molar-refractivity contribution is 6.16. The monoisotopic (exact) mass is 392 g/mol. The van der Waals surface area contributed by atoms with E-state index in [1.165, 1.54) is 4.90 Å². The van der Waals surface area contributed by atoms with Crippen molar-refractivity contribution >= 4 is 17.7 Å². The third-order valence-electron chi connectivity index (χ3n) is 5.59. The Morgan fingerprint density at radius 3 is 2.34 bits per heavy atom. The molecule has 6 nitrogen and oxygen atoms in total. The molecule has 0 spiro atoms. The number of amides is 2. The Hall–Kier alpha value is -3.15. The van der Waals surface area contributed by atoms with Gasteiger partial charge in [-0.05, 0) is 32.8 Å². The normalized spacial score (nSPS) is 25.3. The van der Waals surface area contributed by atoms with Crippen LogP contribution >= 0.6 is 0 Å². The first kappa shape index (κ1) is 19.2. The highest BCUT2D eigenvalue weighted by Gasteiger charge is 2.54. The SMILES string of the molecule is CC1ON=C(c2ccccc2)[C@H]1C(=O)N1C(=O)OC(C)(C)[C@@H]1Cc1ccccc1. The van der Waals surface area contributed by atoms with Crippen LogP contribution in [-0.4, -0.2) is 40.4 Å². The number of carbonyl (C=O) groups is 2. The lowest BCUT2D eigenvalue weighted by Crippen LogP contribution is -2.50. The van der Waals surface area contributed by atoms with E-state index >= 15 is 0 Å². The fraction of sp³-hybridized carbons (Fsp3) is 0.348. The summed E-state index contributed by atoms with van der Waals surface area (Å²) < 4.78 is 5.59. The van der Waals surface area contributed by atoms with Gasteiger partial charge in [-0.15, -0.1) is 0 Å². The molecular formula is C23H24N2O4. The minimum atomic E-state index is -0.796. The number of hydrogen-bond acceptors (Lipinski definition) is 5. The van der Waals surface area contributed by atoms with Gasteiger partial charge in [-0.2, -0.15) is 0 Å². The largest absolute Gasteiger partial charge is 0.441 e. The van der Waals surface area contributed by atoms with E-state index in [9.17, 15) is 9.59 Å². The Labute approximate surface area is 170 Å². The predicted molar refractivity (Wildman–Crippen MR) is 108 cm³/mol. The molecular weight excluding hydrogens is 368 g/mol. The van der Waals surface area contributed by atoms with Crippen molar-refractivity contribution in [1.29, 1.82) is 0 Å². The molecule has 150 valence electrons. The maximum absolute atomic E-state index is 13.6. The van der Waals surface area contributed by atoms with Gasteiger partial charge >= 0.3 is 6.09 Å². The molecule has 4 rings (SSSR count). The van der Waals surface area contributed by atoms with Gasteiger partial charge in [0.2, 0.25) is 5.91 Å². The van der Waals surface area contributed by atoms with Gasteiger partial charge in [0.05, 0.1) is 6.04 Å². The molecule has 2 aromatic carbocycles. The number of ether oxygens (including phenoxy) is 1. The molecule has 0 aliphatic carbocycles. The first-order valence-corrected chi connectivity index (χ1v) is 9.77. The van der Waals surface area contributed by atoms with Crippen molar-refractivity contribution in [2.24, 2.45) is 11.1 Å². The second-order valence-corrected chi connectivity index (χ2v) is 8.02. The van der Waals surface area contributed by atoms with Gasteiger partial charge in [0.1, 0.15) is 23.3 Å². The van der Waals surface area contributed by atoms with Crippen LogP contribution in [0.15, 0.2) is 65.8 Å². The number of carbonyl (C=O) groups excluding carboxylic acids is 2. The second-order valence-electron chi connectivity index (χ2n) is 8.02. The zero-order valence-electron chi connectivity index (χ0n) is 16.7. The summed E-state index contributed by atoms with van der Waals surface area (Å²) in [6, 6.07) is 18.8. The molecule has 0 bridgehead atoms. The van der Waals surface area contributed by atoms with Gasteiger partial charge in [0.25, 0.3) is 0 Å². The first-order valence-electron chi connectivity index (χ1n) is 9.77. The zero-order chi connectivity index (χ0) is 20.6. The van der Waals surface area contributed by atoms with Gasteiger partial charge in [0, 0.05) is 5.56 Å². The van der Waals surface area contributed by atoms with Crippen LogP contribution in [0.5, 0.6) is 0 Å². The lowest BCUT2D eigenvalue weighted by molar-refractivity contribution is -0.134. The molecule has 1 fully saturated rings. The zero-order valence-corrected chi connectivity index (χ0v) is 16.7. The second kappa shape index (κ2) is 7.35. The van der Waals surface area contributed by atoms with Crippen LogP contribution in [0.2, 0.25) is 0 Å². The summed E-state index contributed by atoms with van der Waals surface area (Å²) >= 11 is 0. The molecule has 2 heterocycles. The number of rotatable bonds is 4. The summed E-state index contributed by atoms with van der Waals surface area (Å²) in [7, 11) is 0. The highest BCUT2D eigenvalue weighted by Crippen LogP contribution is 2.35. The Morgan fingerprint density at radius 2 is 1.69 bits per heavy atom. The summed E-state index contributed by atoms with van der Waals surface area (Å²) in [6.07, 6.45) is -0.565. The van der Waals surface area contributed by atoms with E-state index < -0.39 is 29.8 Å². The van der Waals surface area contributed by atoms with Crippen molar-refractivity contribution in [2.45, 2.75) is 44.9 Å². The smallest absolute Gasteiger partial charge is 0.417 e.